The summed E-state index contributed by atoms with van der Waals surface area (Å²) in [6, 6.07) is 12.1. The molecular formula is C19H19FN4OS. The van der Waals surface area contributed by atoms with Gasteiger partial charge in [0, 0.05) is 18.5 Å². The predicted molar refractivity (Wildman–Crippen MR) is 102 cm³/mol. The summed E-state index contributed by atoms with van der Waals surface area (Å²) in [7, 11) is 1.66. The van der Waals surface area contributed by atoms with Crippen molar-refractivity contribution < 1.29 is 4.39 Å². The zero-order chi connectivity index (χ0) is 18.7. The summed E-state index contributed by atoms with van der Waals surface area (Å²) in [5.74, 6) is 0.492. The Morgan fingerprint density at radius 3 is 2.58 bits per heavy atom. The van der Waals surface area contributed by atoms with Gasteiger partial charge in [-0.05, 0) is 48.7 Å². The number of halogens is 1. The van der Waals surface area contributed by atoms with E-state index < -0.39 is 0 Å². The largest absolute Gasteiger partial charge is 0.334 e. The first kappa shape index (κ1) is 18.1. The monoisotopic (exact) mass is 370 g/mol. The highest BCUT2D eigenvalue weighted by molar-refractivity contribution is 7.98. The molecule has 26 heavy (non-hydrogen) atoms. The van der Waals surface area contributed by atoms with Crippen molar-refractivity contribution in [2.75, 3.05) is 5.32 Å². The third kappa shape index (κ3) is 3.94. The van der Waals surface area contributed by atoms with Gasteiger partial charge >= 0.3 is 0 Å². The number of benzene rings is 2. The van der Waals surface area contributed by atoms with Crippen molar-refractivity contribution in [1.29, 1.82) is 0 Å². The minimum absolute atomic E-state index is 0.187. The summed E-state index contributed by atoms with van der Waals surface area (Å²) < 4.78 is 14.4. The van der Waals surface area contributed by atoms with Crippen molar-refractivity contribution in [2.45, 2.75) is 24.8 Å². The Morgan fingerprint density at radius 1 is 1.12 bits per heavy atom. The number of rotatable bonds is 5. The van der Waals surface area contributed by atoms with Crippen LogP contribution in [0.15, 0.2) is 52.4 Å². The van der Waals surface area contributed by atoms with Crippen molar-refractivity contribution in [3.8, 4) is 0 Å². The van der Waals surface area contributed by atoms with Crippen LogP contribution in [0.4, 0.5) is 15.9 Å². The fourth-order valence-electron chi connectivity index (χ4n) is 2.40. The molecule has 0 atom stereocenters. The number of anilines is 2. The van der Waals surface area contributed by atoms with E-state index in [1.54, 1.807) is 19.2 Å². The SMILES string of the molecule is Cc1cccc(Nc2nnc(SCc3ccc(F)cc3)n(C)c2=O)c1C. The fourth-order valence-corrected chi connectivity index (χ4v) is 3.26. The van der Waals surface area contributed by atoms with Crippen molar-refractivity contribution >= 4 is 23.3 Å². The quantitative estimate of drug-likeness (QED) is 0.689. The molecule has 0 radical (unpaired) electrons. The summed E-state index contributed by atoms with van der Waals surface area (Å²) in [5, 5.41) is 11.8. The molecule has 7 heteroatoms. The summed E-state index contributed by atoms with van der Waals surface area (Å²) in [5.41, 5.74) is 3.73. The molecule has 0 aliphatic carbocycles. The highest BCUT2D eigenvalue weighted by Crippen LogP contribution is 2.22. The third-order valence-corrected chi connectivity index (χ3v) is 5.26. The normalized spacial score (nSPS) is 10.8. The van der Waals surface area contributed by atoms with Gasteiger partial charge in [-0.3, -0.25) is 9.36 Å². The maximum atomic E-state index is 13.0. The Labute approximate surface area is 155 Å². The van der Waals surface area contributed by atoms with Crippen LogP contribution < -0.4 is 10.9 Å². The van der Waals surface area contributed by atoms with Crippen molar-refractivity contribution in [2.24, 2.45) is 7.05 Å². The molecule has 3 rings (SSSR count). The van der Waals surface area contributed by atoms with Crippen LogP contribution in [-0.2, 0) is 12.8 Å². The van der Waals surface area contributed by atoms with E-state index in [9.17, 15) is 9.18 Å². The Morgan fingerprint density at radius 2 is 1.85 bits per heavy atom. The molecule has 0 saturated heterocycles. The number of thioether (sulfide) groups is 1. The Bertz CT molecular complexity index is 986. The molecule has 134 valence electrons. The van der Waals surface area contributed by atoms with Gasteiger partial charge in [0.1, 0.15) is 5.82 Å². The van der Waals surface area contributed by atoms with Crippen molar-refractivity contribution in [3.05, 3.63) is 75.3 Å². The van der Waals surface area contributed by atoms with E-state index in [0.717, 1.165) is 22.4 Å². The van der Waals surface area contributed by atoms with Crippen LogP contribution in [0.2, 0.25) is 0 Å². The number of hydrogen-bond donors (Lipinski definition) is 1. The average molecular weight is 370 g/mol. The zero-order valence-electron chi connectivity index (χ0n) is 14.8. The summed E-state index contributed by atoms with van der Waals surface area (Å²) in [6.45, 7) is 4.00. The predicted octanol–water partition coefficient (Wildman–Crippen LogP) is 3.97. The summed E-state index contributed by atoms with van der Waals surface area (Å²) in [4.78, 5) is 12.6. The van der Waals surface area contributed by atoms with Crippen LogP contribution in [0.25, 0.3) is 0 Å². The molecule has 0 spiro atoms. The van der Waals surface area contributed by atoms with E-state index in [-0.39, 0.29) is 17.2 Å². The topological polar surface area (TPSA) is 59.8 Å². The third-order valence-electron chi connectivity index (χ3n) is 4.17. The molecule has 3 aromatic rings. The van der Waals surface area contributed by atoms with Gasteiger partial charge in [0.15, 0.2) is 5.16 Å². The van der Waals surface area contributed by atoms with Crippen LogP contribution in [0.3, 0.4) is 0 Å². The number of aryl methyl sites for hydroxylation is 1. The van der Waals surface area contributed by atoms with Crippen LogP contribution in [-0.4, -0.2) is 14.8 Å². The molecule has 1 aromatic heterocycles. The Balaban J connectivity index is 1.79. The maximum absolute atomic E-state index is 13.0. The van der Waals surface area contributed by atoms with E-state index in [2.05, 4.69) is 15.5 Å². The Hall–Kier alpha value is -2.67. The fraction of sp³-hybridized carbons (Fsp3) is 0.211. The van der Waals surface area contributed by atoms with Crippen LogP contribution in [0, 0.1) is 19.7 Å². The maximum Gasteiger partial charge on any atom is 0.297 e. The molecular weight excluding hydrogens is 351 g/mol. The number of aromatic nitrogens is 3. The lowest BCUT2D eigenvalue weighted by Gasteiger charge is -2.12. The van der Waals surface area contributed by atoms with E-state index >= 15 is 0 Å². The van der Waals surface area contributed by atoms with Gasteiger partial charge in [-0.1, -0.05) is 36.0 Å². The number of nitrogens with one attached hydrogen (secondary N) is 1. The summed E-state index contributed by atoms with van der Waals surface area (Å²) in [6.07, 6.45) is 0. The van der Waals surface area contributed by atoms with E-state index in [0.29, 0.717) is 10.9 Å². The molecule has 0 aliphatic heterocycles. The average Bonchev–Trinajstić information content (AvgIpc) is 2.63. The molecule has 1 heterocycles. The Kier molecular flexibility index (Phi) is 5.37. The lowest BCUT2D eigenvalue weighted by atomic mass is 10.1. The minimum Gasteiger partial charge on any atom is -0.334 e. The van der Waals surface area contributed by atoms with Gasteiger partial charge in [-0.15, -0.1) is 10.2 Å². The van der Waals surface area contributed by atoms with Gasteiger partial charge in [0.05, 0.1) is 0 Å². The van der Waals surface area contributed by atoms with Gasteiger partial charge in [-0.2, -0.15) is 0 Å². The van der Waals surface area contributed by atoms with Crippen LogP contribution in [0.1, 0.15) is 16.7 Å². The van der Waals surface area contributed by atoms with Crippen molar-refractivity contribution in [1.82, 2.24) is 14.8 Å². The number of hydrogen-bond acceptors (Lipinski definition) is 5. The lowest BCUT2D eigenvalue weighted by Crippen LogP contribution is -2.24. The molecule has 0 saturated carbocycles. The van der Waals surface area contributed by atoms with Gasteiger partial charge in [-0.25, -0.2) is 4.39 Å². The lowest BCUT2D eigenvalue weighted by molar-refractivity contribution is 0.627. The second-order valence-corrected chi connectivity index (χ2v) is 6.93. The van der Waals surface area contributed by atoms with E-state index in [1.807, 2.05) is 32.0 Å². The van der Waals surface area contributed by atoms with Crippen LogP contribution in [0.5, 0.6) is 0 Å². The first-order valence-electron chi connectivity index (χ1n) is 8.10. The van der Waals surface area contributed by atoms with Gasteiger partial charge in [0.2, 0.25) is 5.82 Å². The second-order valence-electron chi connectivity index (χ2n) is 5.98. The highest BCUT2D eigenvalue weighted by atomic mass is 32.2. The first-order valence-corrected chi connectivity index (χ1v) is 9.08. The van der Waals surface area contributed by atoms with Crippen LogP contribution >= 0.6 is 11.8 Å². The van der Waals surface area contributed by atoms with Gasteiger partial charge < -0.3 is 5.32 Å². The standard InChI is InChI=1S/C19H19FN4OS/c1-12-5-4-6-16(13(12)2)21-17-18(25)24(3)19(23-22-17)26-11-14-7-9-15(20)10-8-14/h4-10H,11H2,1-3H3,(H,21,22). The molecule has 0 bridgehead atoms. The second kappa shape index (κ2) is 7.70. The minimum atomic E-state index is -0.271. The molecule has 5 nitrogen and oxygen atoms in total. The zero-order valence-corrected chi connectivity index (χ0v) is 15.6. The van der Waals surface area contributed by atoms with E-state index in [4.69, 9.17) is 0 Å². The van der Waals surface area contributed by atoms with Gasteiger partial charge in [0.25, 0.3) is 5.56 Å². The smallest absolute Gasteiger partial charge is 0.297 e. The molecule has 2 aromatic carbocycles. The first-order chi connectivity index (χ1) is 12.5. The molecule has 0 amide bonds. The van der Waals surface area contributed by atoms with Crippen molar-refractivity contribution in [3.63, 3.8) is 0 Å². The highest BCUT2D eigenvalue weighted by Gasteiger charge is 2.11. The summed E-state index contributed by atoms with van der Waals surface area (Å²) >= 11 is 1.38. The molecule has 0 unspecified atom stereocenters. The number of nitrogens with zero attached hydrogens (tertiary/aromatic N) is 3. The molecule has 0 aliphatic rings. The van der Waals surface area contributed by atoms with E-state index in [1.165, 1.54) is 28.5 Å². The molecule has 0 fully saturated rings. The molecule has 1 N–H and O–H groups in total.